The largest absolute Gasteiger partial charge is 0.347 e. The molecule has 3 aromatic heterocycles. The number of nitrogens with zero attached hydrogens (tertiary/aromatic N) is 2. The molecule has 0 saturated carbocycles. The summed E-state index contributed by atoms with van der Waals surface area (Å²) in [5.41, 5.74) is 4.20. The van der Waals surface area contributed by atoms with E-state index in [-0.39, 0.29) is 5.91 Å². The Morgan fingerprint density at radius 3 is 2.50 bits per heavy atom. The Balaban J connectivity index is 1.69. The first kappa shape index (κ1) is 18.8. The van der Waals surface area contributed by atoms with Gasteiger partial charge in [-0.1, -0.05) is 12.1 Å². The van der Waals surface area contributed by atoms with Crippen LogP contribution in [0.2, 0.25) is 0 Å². The zero-order valence-corrected chi connectivity index (χ0v) is 17.7. The van der Waals surface area contributed by atoms with Crippen molar-refractivity contribution in [3.8, 4) is 5.69 Å². The smallest absolute Gasteiger partial charge is 0.263 e. The lowest BCUT2D eigenvalue weighted by Gasteiger charge is -2.12. The maximum absolute atomic E-state index is 13.1. The van der Waals surface area contributed by atoms with Gasteiger partial charge in [-0.25, -0.2) is 4.98 Å². The molecule has 4 rings (SSSR count). The summed E-state index contributed by atoms with van der Waals surface area (Å²) >= 11 is 3.15. The highest BCUT2D eigenvalue weighted by atomic mass is 32.2. The molecule has 0 saturated heterocycles. The fourth-order valence-electron chi connectivity index (χ4n) is 3.32. The number of benzene rings is 1. The molecule has 1 N–H and O–H groups in total. The molecule has 0 aliphatic carbocycles. The number of aryl methyl sites for hydroxylation is 2. The van der Waals surface area contributed by atoms with Crippen molar-refractivity contribution >= 4 is 39.2 Å². The summed E-state index contributed by atoms with van der Waals surface area (Å²) in [5.74, 6) is -0.0700. The van der Waals surface area contributed by atoms with E-state index in [1.54, 1.807) is 18.0 Å². The molecular weight excluding hydrogens is 386 g/mol. The molecule has 0 fully saturated rings. The molecular formula is C22H21N3OS2. The highest BCUT2D eigenvalue weighted by molar-refractivity contribution is 7.98. The Kier molecular flexibility index (Phi) is 5.24. The molecule has 0 atom stereocenters. The average Bonchev–Trinajstić information content (AvgIpc) is 3.25. The molecule has 4 aromatic rings. The maximum Gasteiger partial charge on any atom is 0.263 e. The van der Waals surface area contributed by atoms with Crippen LogP contribution in [0.5, 0.6) is 0 Å². The number of rotatable bonds is 5. The molecule has 0 spiro atoms. The number of nitrogens with one attached hydrogen (secondary N) is 1. The van der Waals surface area contributed by atoms with Gasteiger partial charge in [0.2, 0.25) is 0 Å². The molecule has 0 aliphatic rings. The summed E-state index contributed by atoms with van der Waals surface area (Å²) in [4.78, 5) is 20.4. The number of carbonyl (C=O) groups is 1. The molecule has 4 nitrogen and oxygen atoms in total. The molecule has 0 unspecified atom stereocenters. The minimum atomic E-state index is -0.0700. The van der Waals surface area contributed by atoms with E-state index < -0.39 is 0 Å². The van der Waals surface area contributed by atoms with E-state index in [9.17, 15) is 4.79 Å². The predicted octanol–water partition coefficient (Wildman–Crippen LogP) is 5.36. The lowest BCUT2D eigenvalue weighted by atomic mass is 10.2. The van der Waals surface area contributed by atoms with Crippen LogP contribution in [-0.2, 0) is 6.54 Å². The minimum absolute atomic E-state index is 0.0700. The van der Waals surface area contributed by atoms with Gasteiger partial charge in [0.25, 0.3) is 5.91 Å². The topological polar surface area (TPSA) is 46.9 Å². The third-order valence-corrected chi connectivity index (χ3v) is 6.60. The summed E-state index contributed by atoms with van der Waals surface area (Å²) in [7, 11) is 0. The highest BCUT2D eigenvalue weighted by Gasteiger charge is 2.22. The third kappa shape index (κ3) is 3.45. The second-order valence-corrected chi connectivity index (χ2v) is 8.50. The third-order valence-electron chi connectivity index (χ3n) is 4.75. The summed E-state index contributed by atoms with van der Waals surface area (Å²) in [6.45, 7) is 4.61. The number of fused-ring (bicyclic) bond motifs is 1. The first-order valence-corrected chi connectivity index (χ1v) is 11.1. The molecule has 0 aliphatic heterocycles. The Morgan fingerprint density at radius 1 is 1.11 bits per heavy atom. The van der Waals surface area contributed by atoms with E-state index in [0.29, 0.717) is 11.4 Å². The van der Waals surface area contributed by atoms with Crippen LogP contribution in [0.4, 0.5) is 0 Å². The van der Waals surface area contributed by atoms with Crippen molar-refractivity contribution in [2.24, 2.45) is 0 Å². The lowest BCUT2D eigenvalue weighted by Crippen LogP contribution is -2.23. The zero-order chi connectivity index (χ0) is 19.7. The van der Waals surface area contributed by atoms with Crippen LogP contribution in [0, 0.1) is 13.8 Å². The fourth-order valence-corrected chi connectivity index (χ4v) is 4.78. The average molecular weight is 408 g/mol. The van der Waals surface area contributed by atoms with Crippen molar-refractivity contribution in [2.45, 2.75) is 25.3 Å². The number of amides is 1. The highest BCUT2D eigenvalue weighted by Crippen LogP contribution is 2.34. The Hall–Kier alpha value is -2.57. The van der Waals surface area contributed by atoms with E-state index in [2.05, 4.69) is 71.4 Å². The fraction of sp³-hybridized carbons (Fsp3) is 0.182. The Morgan fingerprint density at radius 2 is 1.82 bits per heavy atom. The second-order valence-electron chi connectivity index (χ2n) is 6.62. The van der Waals surface area contributed by atoms with Crippen molar-refractivity contribution in [3.63, 3.8) is 0 Å². The maximum atomic E-state index is 13.1. The Labute approximate surface area is 172 Å². The van der Waals surface area contributed by atoms with E-state index in [1.807, 2.05) is 12.1 Å². The molecule has 1 aromatic carbocycles. The SMILES string of the molecule is CSc1ccc(CNC(=O)c2sc3ncccc3c2-n2c(C)ccc2C)cc1. The van der Waals surface area contributed by atoms with Gasteiger partial charge in [0.1, 0.15) is 9.71 Å². The number of carbonyl (C=O) groups excluding carboxylic acids is 1. The molecule has 0 radical (unpaired) electrons. The number of thioether (sulfide) groups is 1. The predicted molar refractivity (Wildman–Crippen MR) is 118 cm³/mol. The number of thiophene rings is 1. The van der Waals surface area contributed by atoms with Gasteiger partial charge in [0.05, 0.1) is 5.69 Å². The molecule has 1 amide bonds. The Bertz CT molecular complexity index is 1120. The van der Waals surface area contributed by atoms with Gasteiger partial charge in [0.15, 0.2) is 0 Å². The summed E-state index contributed by atoms with van der Waals surface area (Å²) in [6, 6.07) is 16.4. The number of hydrogen-bond acceptors (Lipinski definition) is 4. The first-order chi connectivity index (χ1) is 13.6. The monoisotopic (exact) mass is 407 g/mol. The summed E-state index contributed by atoms with van der Waals surface area (Å²) in [5, 5.41) is 4.08. The van der Waals surface area contributed by atoms with Crippen LogP contribution in [-0.4, -0.2) is 21.7 Å². The van der Waals surface area contributed by atoms with Gasteiger partial charge in [0, 0.05) is 34.4 Å². The van der Waals surface area contributed by atoms with Gasteiger partial charge in [-0.3, -0.25) is 4.79 Å². The van der Waals surface area contributed by atoms with E-state index in [0.717, 1.165) is 32.9 Å². The van der Waals surface area contributed by atoms with Crippen molar-refractivity contribution in [3.05, 3.63) is 76.6 Å². The van der Waals surface area contributed by atoms with Gasteiger partial charge < -0.3 is 9.88 Å². The van der Waals surface area contributed by atoms with Crippen LogP contribution in [0.15, 0.2) is 59.6 Å². The summed E-state index contributed by atoms with van der Waals surface area (Å²) < 4.78 is 2.14. The van der Waals surface area contributed by atoms with Crippen LogP contribution in [0.25, 0.3) is 15.9 Å². The molecule has 3 heterocycles. The van der Waals surface area contributed by atoms with Gasteiger partial charge >= 0.3 is 0 Å². The van der Waals surface area contributed by atoms with Crippen molar-refractivity contribution in [2.75, 3.05) is 6.26 Å². The van der Waals surface area contributed by atoms with Gasteiger partial charge in [-0.2, -0.15) is 0 Å². The zero-order valence-electron chi connectivity index (χ0n) is 16.0. The van der Waals surface area contributed by atoms with Crippen molar-refractivity contribution in [1.82, 2.24) is 14.9 Å². The summed E-state index contributed by atoms with van der Waals surface area (Å²) in [6.07, 6.45) is 3.83. The van der Waals surface area contributed by atoms with E-state index >= 15 is 0 Å². The van der Waals surface area contributed by atoms with Crippen LogP contribution in [0.1, 0.15) is 26.6 Å². The molecule has 28 heavy (non-hydrogen) atoms. The van der Waals surface area contributed by atoms with Gasteiger partial charge in [-0.15, -0.1) is 23.1 Å². The molecule has 6 heteroatoms. The normalized spacial score (nSPS) is 11.1. The number of pyridine rings is 1. The van der Waals surface area contributed by atoms with Crippen molar-refractivity contribution < 1.29 is 4.79 Å². The molecule has 142 valence electrons. The lowest BCUT2D eigenvalue weighted by molar-refractivity contribution is 0.0955. The molecule has 0 bridgehead atoms. The second kappa shape index (κ2) is 7.81. The minimum Gasteiger partial charge on any atom is -0.347 e. The van der Waals surface area contributed by atoms with Gasteiger partial charge in [-0.05, 0) is 62.1 Å². The van der Waals surface area contributed by atoms with Crippen LogP contribution < -0.4 is 5.32 Å². The van der Waals surface area contributed by atoms with E-state index in [4.69, 9.17) is 0 Å². The van der Waals surface area contributed by atoms with Crippen LogP contribution >= 0.6 is 23.1 Å². The number of hydrogen-bond donors (Lipinski definition) is 1. The first-order valence-electron chi connectivity index (χ1n) is 9.02. The standard InChI is InChI=1S/C22H21N3OS2/c1-14-6-7-15(2)25(14)19-18-5-4-12-23-22(18)28-20(19)21(26)24-13-16-8-10-17(27-3)11-9-16/h4-12H,13H2,1-3H3,(H,24,26). The quantitative estimate of drug-likeness (QED) is 0.453. The van der Waals surface area contributed by atoms with Crippen LogP contribution in [0.3, 0.4) is 0 Å². The van der Waals surface area contributed by atoms with E-state index in [1.165, 1.54) is 16.2 Å². The van der Waals surface area contributed by atoms with Crippen molar-refractivity contribution in [1.29, 1.82) is 0 Å². The number of aromatic nitrogens is 2.